The van der Waals surface area contributed by atoms with Crippen LogP contribution in [-0.4, -0.2) is 22.0 Å². The van der Waals surface area contributed by atoms with Gasteiger partial charge in [-0.05, 0) is 6.92 Å². The topological polar surface area (TPSA) is 44.8 Å². The van der Waals surface area contributed by atoms with E-state index in [4.69, 9.17) is 62.5 Å². The first-order chi connectivity index (χ1) is 6.74. The summed E-state index contributed by atoms with van der Waals surface area (Å²) >= 11 is 26.9. The zero-order valence-electron chi connectivity index (χ0n) is 7.46. The summed E-state index contributed by atoms with van der Waals surface area (Å²) in [6.07, 6.45) is 0. The van der Waals surface area contributed by atoms with Gasteiger partial charge < -0.3 is 0 Å². The first-order valence-electron chi connectivity index (χ1n) is 3.60. The van der Waals surface area contributed by atoms with Gasteiger partial charge in [-0.3, -0.25) is 9.05 Å². The minimum absolute atomic E-state index is 0.0317. The van der Waals surface area contributed by atoms with Crippen molar-refractivity contribution >= 4 is 65.8 Å². The average molecular weight is 340 g/mol. The Morgan fingerprint density at radius 3 is 2.27 bits per heavy atom. The van der Waals surface area contributed by atoms with E-state index in [1.807, 2.05) is 0 Å². The molecule has 0 N–H and O–H groups in total. The van der Waals surface area contributed by atoms with Crippen LogP contribution in [0.15, 0.2) is 0 Å². The van der Waals surface area contributed by atoms with E-state index in [0.717, 1.165) is 0 Å². The molecule has 0 spiro atoms. The maximum atomic E-state index is 11.7. The molecule has 1 unspecified atom stereocenters. The van der Waals surface area contributed by atoms with Crippen LogP contribution in [0.1, 0.15) is 6.92 Å². The molecule has 0 rings (SSSR count). The Labute approximate surface area is 113 Å². The fourth-order valence-electron chi connectivity index (χ4n) is 0.522. The third-order valence-corrected chi connectivity index (χ3v) is 4.19. The fourth-order valence-corrected chi connectivity index (χ4v) is 2.80. The van der Waals surface area contributed by atoms with Gasteiger partial charge in [0, 0.05) is 0 Å². The Bertz CT molecular complexity index is 235. The van der Waals surface area contributed by atoms with Crippen molar-refractivity contribution in [1.82, 2.24) is 0 Å². The van der Waals surface area contributed by atoms with Crippen LogP contribution in [0.25, 0.3) is 0 Å². The van der Waals surface area contributed by atoms with Crippen LogP contribution in [0.2, 0.25) is 0 Å². The molecule has 10 heteroatoms. The van der Waals surface area contributed by atoms with E-state index < -0.39 is 17.4 Å². The summed E-state index contributed by atoms with van der Waals surface area (Å²) in [4.78, 5) is 0. The summed E-state index contributed by atoms with van der Waals surface area (Å²) in [5, 5.41) is -1.40. The molecule has 0 aliphatic heterocycles. The van der Waals surface area contributed by atoms with E-state index in [1.54, 1.807) is 6.92 Å². The summed E-state index contributed by atoms with van der Waals surface area (Å²) < 4.78 is 23.7. The number of hydrogen-bond donors (Lipinski definition) is 0. The Morgan fingerprint density at radius 2 is 1.93 bits per heavy atom. The van der Waals surface area contributed by atoms with E-state index in [2.05, 4.69) is 9.05 Å². The second-order valence-corrected chi connectivity index (χ2v) is 6.34. The van der Waals surface area contributed by atoms with Crippen LogP contribution in [-0.2, 0) is 18.1 Å². The molecule has 0 aromatic heterocycles. The van der Waals surface area contributed by atoms with Gasteiger partial charge in [0.2, 0.25) is 9.54 Å². The maximum absolute atomic E-state index is 11.7. The first kappa shape index (κ1) is 16.6. The summed E-state index contributed by atoms with van der Waals surface area (Å²) in [5.41, 5.74) is 0. The van der Waals surface area contributed by atoms with Crippen molar-refractivity contribution in [2.24, 2.45) is 0 Å². The van der Waals surface area contributed by atoms with E-state index in [0.29, 0.717) is 0 Å². The molecule has 15 heavy (non-hydrogen) atoms. The summed E-state index contributed by atoms with van der Waals surface area (Å²) in [6, 6.07) is 0. The summed E-state index contributed by atoms with van der Waals surface area (Å²) in [6.45, 7) is 1.59. The number of alkyl halides is 5. The van der Waals surface area contributed by atoms with Gasteiger partial charge in [-0.1, -0.05) is 46.4 Å². The Balaban J connectivity index is 4.58. The third-order valence-electron chi connectivity index (χ3n) is 0.897. The predicted octanol–water partition coefficient (Wildman–Crippen LogP) is 4.30. The molecular weight excluding hydrogens is 332 g/mol. The van der Waals surface area contributed by atoms with E-state index in [1.165, 1.54) is 0 Å². The average Bonchev–Trinajstić information content (AvgIpc) is 2.01. The third kappa shape index (κ3) is 7.48. The molecule has 0 amide bonds. The largest absolute Gasteiger partial charge is 0.479 e. The normalized spacial score (nSPS) is 16.7. The molecule has 0 aromatic carbocycles. The van der Waals surface area contributed by atoms with Crippen molar-refractivity contribution < 1.29 is 18.1 Å². The van der Waals surface area contributed by atoms with Crippen molar-refractivity contribution in [1.29, 1.82) is 0 Å². The maximum Gasteiger partial charge on any atom is 0.479 e. The van der Waals surface area contributed by atoms with Gasteiger partial charge in [0.25, 0.3) is 0 Å². The van der Waals surface area contributed by atoms with Crippen LogP contribution >= 0.6 is 65.8 Å². The number of phosphoric acid groups is 1. The van der Waals surface area contributed by atoms with Gasteiger partial charge in [0.1, 0.15) is 0 Å². The van der Waals surface area contributed by atoms with Gasteiger partial charge in [0.05, 0.1) is 12.5 Å². The smallest absolute Gasteiger partial charge is 0.287 e. The van der Waals surface area contributed by atoms with Gasteiger partial charge >= 0.3 is 7.82 Å². The number of halogens is 5. The second kappa shape index (κ2) is 7.10. The number of rotatable bonds is 7. The highest BCUT2D eigenvalue weighted by molar-refractivity contribution is 7.48. The van der Waals surface area contributed by atoms with Crippen LogP contribution in [0, 0.1) is 0 Å². The van der Waals surface area contributed by atoms with Crippen molar-refractivity contribution in [3.63, 3.8) is 0 Å². The van der Waals surface area contributed by atoms with Gasteiger partial charge in [0.15, 0.2) is 0 Å². The van der Waals surface area contributed by atoms with Crippen LogP contribution in [0.4, 0.5) is 0 Å². The number of phosphoric ester groups is 1. The van der Waals surface area contributed by atoms with E-state index in [-0.39, 0.29) is 12.5 Å². The lowest BCUT2D eigenvalue weighted by molar-refractivity contribution is 0.106. The van der Waals surface area contributed by atoms with E-state index >= 15 is 0 Å². The van der Waals surface area contributed by atoms with Crippen molar-refractivity contribution in [3.05, 3.63) is 0 Å². The Kier molecular flexibility index (Phi) is 7.83. The summed E-state index contributed by atoms with van der Waals surface area (Å²) in [5.74, 6) is -0.341. The zero-order chi connectivity index (χ0) is 12.1. The Morgan fingerprint density at radius 1 is 1.40 bits per heavy atom. The molecular formula is C5H8Cl5O4P. The molecule has 0 saturated carbocycles. The predicted molar refractivity (Wildman–Crippen MR) is 62.1 cm³/mol. The molecule has 0 saturated heterocycles. The van der Waals surface area contributed by atoms with Gasteiger partial charge in [-0.25, -0.2) is 9.09 Å². The van der Waals surface area contributed by atoms with Crippen LogP contribution < -0.4 is 0 Å². The monoisotopic (exact) mass is 338 g/mol. The lowest BCUT2D eigenvalue weighted by Crippen LogP contribution is -2.20. The highest BCUT2D eigenvalue weighted by atomic mass is 35.5. The lowest BCUT2D eigenvalue weighted by Gasteiger charge is -2.23. The standard InChI is InChI=1S/C5H8Cl5O4P/c1-2-12-15(11,13-4(7)8)14-5(9,10)3-6/h4H,2-3H2,1H3. The van der Waals surface area contributed by atoms with E-state index in [9.17, 15) is 4.57 Å². The molecule has 0 aromatic rings. The minimum atomic E-state index is -4.03. The molecule has 92 valence electrons. The highest BCUT2D eigenvalue weighted by Crippen LogP contribution is 2.56. The fraction of sp³-hybridized carbons (Fsp3) is 1.00. The van der Waals surface area contributed by atoms with Crippen LogP contribution in [0.3, 0.4) is 0 Å². The van der Waals surface area contributed by atoms with Crippen molar-refractivity contribution in [2.45, 2.75) is 16.5 Å². The molecule has 4 nitrogen and oxygen atoms in total. The molecule has 0 aliphatic rings. The number of hydrogen-bond acceptors (Lipinski definition) is 4. The summed E-state index contributed by atoms with van der Waals surface area (Å²) in [7, 11) is -4.03. The zero-order valence-corrected chi connectivity index (χ0v) is 12.1. The van der Waals surface area contributed by atoms with Crippen molar-refractivity contribution in [3.8, 4) is 0 Å². The molecule has 0 heterocycles. The van der Waals surface area contributed by atoms with Gasteiger partial charge in [-0.15, -0.1) is 11.6 Å². The Hall–Kier alpha value is 1.56. The highest BCUT2D eigenvalue weighted by Gasteiger charge is 2.39. The SMILES string of the molecule is CCOP(=O)(OC(Cl)Cl)OC(Cl)(Cl)CCl. The van der Waals surface area contributed by atoms with Crippen molar-refractivity contribution in [2.75, 3.05) is 12.5 Å². The molecule has 0 aliphatic carbocycles. The minimum Gasteiger partial charge on any atom is -0.287 e. The quantitative estimate of drug-likeness (QED) is 0.512. The lowest BCUT2D eigenvalue weighted by atomic mass is 10.8. The first-order valence-corrected chi connectivity index (χ1v) is 7.23. The molecule has 1 atom stereocenters. The molecule has 0 radical (unpaired) electrons. The second-order valence-electron chi connectivity index (χ2n) is 2.09. The van der Waals surface area contributed by atoms with Crippen LogP contribution in [0.5, 0.6) is 0 Å². The van der Waals surface area contributed by atoms with Gasteiger partial charge in [-0.2, -0.15) is 0 Å². The molecule has 0 fully saturated rings. The molecule has 0 bridgehead atoms.